The summed E-state index contributed by atoms with van der Waals surface area (Å²) >= 11 is 0. The van der Waals surface area contributed by atoms with Crippen molar-refractivity contribution in [1.29, 1.82) is 0 Å². The predicted molar refractivity (Wildman–Crippen MR) is 79.9 cm³/mol. The molecule has 4 nitrogen and oxygen atoms in total. The Morgan fingerprint density at radius 3 is 2.81 bits per heavy atom. The summed E-state index contributed by atoms with van der Waals surface area (Å²) in [5, 5.41) is 9.63. The molecular formula is C17H23NO3. The second-order valence-corrected chi connectivity index (χ2v) is 6.61. The molecule has 4 heteroatoms. The van der Waals surface area contributed by atoms with Crippen LogP contribution in [0, 0.1) is 17.3 Å². The van der Waals surface area contributed by atoms with Crippen LogP contribution in [0.25, 0.3) is 0 Å². The van der Waals surface area contributed by atoms with E-state index in [0.717, 1.165) is 26.1 Å². The molecule has 0 spiro atoms. The summed E-state index contributed by atoms with van der Waals surface area (Å²) in [7, 11) is 0. The van der Waals surface area contributed by atoms with Crippen LogP contribution < -0.4 is 0 Å². The Bertz CT molecular complexity index is 498. The van der Waals surface area contributed by atoms with Gasteiger partial charge in [-0.3, -0.25) is 9.69 Å². The predicted octanol–water partition coefficient (Wildman–Crippen LogP) is 2.25. The third-order valence-electron chi connectivity index (χ3n) is 5.21. The van der Waals surface area contributed by atoms with E-state index < -0.39 is 5.97 Å². The number of aliphatic carboxylic acids is 1. The number of likely N-dealkylation sites (tertiary alicyclic amines) is 1. The van der Waals surface area contributed by atoms with Crippen LogP contribution in [0.5, 0.6) is 0 Å². The maximum absolute atomic E-state index is 11.7. The zero-order chi connectivity index (χ0) is 14.9. The first-order chi connectivity index (χ1) is 10.1. The van der Waals surface area contributed by atoms with Gasteiger partial charge in [0.05, 0.1) is 12.5 Å². The van der Waals surface area contributed by atoms with Crippen molar-refractivity contribution < 1.29 is 14.6 Å². The number of carbonyl (C=O) groups is 1. The highest BCUT2D eigenvalue weighted by Crippen LogP contribution is 2.45. The van der Waals surface area contributed by atoms with Crippen LogP contribution in [0.15, 0.2) is 30.3 Å². The lowest BCUT2D eigenvalue weighted by atomic mass is 9.69. The SMILES string of the molecule is CC1(C2CCOC2)CN(Cc2ccccc2)CC1C(=O)O. The van der Waals surface area contributed by atoms with Crippen LogP contribution in [0.2, 0.25) is 0 Å². The molecule has 1 aromatic carbocycles. The van der Waals surface area contributed by atoms with E-state index in [2.05, 4.69) is 24.0 Å². The Hall–Kier alpha value is -1.39. The van der Waals surface area contributed by atoms with Crippen molar-refractivity contribution in [2.75, 3.05) is 26.3 Å². The summed E-state index contributed by atoms with van der Waals surface area (Å²) in [5.74, 6) is -0.604. The lowest BCUT2D eigenvalue weighted by Gasteiger charge is -2.34. The average Bonchev–Trinajstić information content (AvgIpc) is 3.09. The van der Waals surface area contributed by atoms with Crippen molar-refractivity contribution in [3.63, 3.8) is 0 Å². The first-order valence-corrected chi connectivity index (χ1v) is 7.66. The Morgan fingerprint density at radius 2 is 2.19 bits per heavy atom. The first-order valence-electron chi connectivity index (χ1n) is 7.66. The van der Waals surface area contributed by atoms with Crippen molar-refractivity contribution in [2.24, 2.45) is 17.3 Å². The average molecular weight is 289 g/mol. The quantitative estimate of drug-likeness (QED) is 0.923. The molecule has 0 bridgehead atoms. The summed E-state index contributed by atoms with van der Waals surface area (Å²) in [6.45, 7) is 5.92. The van der Waals surface area contributed by atoms with Crippen molar-refractivity contribution in [3.05, 3.63) is 35.9 Å². The Balaban J connectivity index is 1.76. The number of hydrogen-bond donors (Lipinski definition) is 1. The van der Waals surface area contributed by atoms with E-state index in [1.165, 1.54) is 5.56 Å². The highest BCUT2D eigenvalue weighted by molar-refractivity contribution is 5.72. The number of ether oxygens (including phenoxy) is 1. The first kappa shape index (κ1) is 14.5. The molecule has 1 N–H and O–H groups in total. The van der Waals surface area contributed by atoms with Gasteiger partial charge in [-0.1, -0.05) is 37.3 Å². The van der Waals surface area contributed by atoms with E-state index in [1.807, 2.05) is 18.2 Å². The molecule has 2 fully saturated rings. The van der Waals surface area contributed by atoms with E-state index in [0.29, 0.717) is 19.1 Å². The maximum atomic E-state index is 11.7. The summed E-state index contributed by atoms with van der Waals surface area (Å²) in [6, 6.07) is 10.3. The Kier molecular flexibility index (Phi) is 4.00. The molecule has 2 saturated heterocycles. The molecule has 3 atom stereocenters. The van der Waals surface area contributed by atoms with Crippen LogP contribution in [0.1, 0.15) is 18.9 Å². The van der Waals surface area contributed by atoms with Crippen molar-refractivity contribution >= 4 is 5.97 Å². The zero-order valence-corrected chi connectivity index (χ0v) is 12.5. The summed E-state index contributed by atoms with van der Waals surface area (Å²) in [5.41, 5.74) is 1.06. The lowest BCUT2D eigenvalue weighted by molar-refractivity contribution is -0.145. The number of carboxylic acids is 1. The van der Waals surface area contributed by atoms with Gasteiger partial charge in [0.1, 0.15) is 0 Å². The van der Waals surface area contributed by atoms with E-state index in [4.69, 9.17) is 4.74 Å². The van der Waals surface area contributed by atoms with Gasteiger partial charge in [0.2, 0.25) is 0 Å². The van der Waals surface area contributed by atoms with Gasteiger partial charge in [-0.15, -0.1) is 0 Å². The van der Waals surface area contributed by atoms with Gasteiger partial charge in [-0.2, -0.15) is 0 Å². The summed E-state index contributed by atoms with van der Waals surface area (Å²) in [4.78, 5) is 14.0. The summed E-state index contributed by atoms with van der Waals surface area (Å²) < 4.78 is 5.50. The van der Waals surface area contributed by atoms with Crippen LogP contribution in [0.3, 0.4) is 0 Å². The molecule has 0 amide bonds. The smallest absolute Gasteiger partial charge is 0.308 e. The largest absolute Gasteiger partial charge is 0.481 e. The molecule has 2 heterocycles. The van der Waals surface area contributed by atoms with Crippen molar-refractivity contribution in [1.82, 2.24) is 4.90 Å². The highest BCUT2D eigenvalue weighted by atomic mass is 16.5. The molecule has 0 aliphatic carbocycles. The standard InChI is InChI=1S/C17H23NO3/c1-17(14-7-8-21-11-14)12-18(10-15(17)16(19)20)9-13-5-3-2-4-6-13/h2-6,14-15H,7-12H2,1H3,(H,19,20). The molecular weight excluding hydrogens is 266 g/mol. The molecule has 1 aromatic rings. The number of benzene rings is 1. The Labute approximate surface area is 125 Å². The van der Waals surface area contributed by atoms with Crippen LogP contribution in [-0.2, 0) is 16.1 Å². The molecule has 2 aliphatic heterocycles. The molecule has 0 aromatic heterocycles. The maximum Gasteiger partial charge on any atom is 0.308 e. The minimum Gasteiger partial charge on any atom is -0.481 e. The second kappa shape index (κ2) is 5.78. The molecule has 3 unspecified atom stereocenters. The zero-order valence-electron chi connectivity index (χ0n) is 12.5. The number of hydrogen-bond acceptors (Lipinski definition) is 3. The van der Waals surface area contributed by atoms with Crippen molar-refractivity contribution in [3.8, 4) is 0 Å². The fourth-order valence-electron chi connectivity index (χ4n) is 3.91. The highest BCUT2D eigenvalue weighted by Gasteiger charge is 2.52. The van der Waals surface area contributed by atoms with Crippen molar-refractivity contribution in [2.45, 2.75) is 19.9 Å². The fraction of sp³-hybridized carbons (Fsp3) is 0.588. The topological polar surface area (TPSA) is 49.8 Å². The van der Waals surface area contributed by atoms with Crippen LogP contribution >= 0.6 is 0 Å². The fourth-order valence-corrected chi connectivity index (χ4v) is 3.91. The van der Waals surface area contributed by atoms with Crippen LogP contribution in [-0.4, -0.2) is 42.3 Å². The van der Waals surface area contributed by atoms with Gasteiger partial charge < -0.3 is 9.84 Å². The van der Waals surface area contributed by atoms with E-state index in [9.17, 15) is 9.90 Å². The molecule has 2 aliphatic rings. The lowest BCUT2D eigenvalue weighted by Crippen LogP contribution is -2.39. The Morgan fingerprint density at radius 1 is 1.43 bits per heavy atom. The molecule has 21 heavy (non-hydrogen) atoms. The van der Waals surface area contributed by atoms with Crippen LogP contribution in [0.4, 0.5) is 0 Å². The normalized spacial score (nSPS) is 33.4. The number of carboxylic acid groups (broad SMARTS) is 1. The second-order valence-electron chi connectivity index (χ2n) is 6.61. The molecule has 0 saturated carbocycles. The van der Waals surface area contributed by atoms with Gasteiger partial charge in [0, 0.05) is 26.2 Å². The van der Waals surface area contributed by atoms with Gasteiger partial charge in [-0.05, 0) is 23.3 Å². The minimum atomic E-state index is -0.667. The summed E-state index contributed by atoms with van der Waals surface area (Å²) in [6.07, 6.45) is 0.986. The van der Waals surface area contributed by atoms with Gasteiger partial charge in [0.15, 0.2) is 0 Å². The third kappa shape index (κ3) is 2.83. The molecule has 3 rings (SSSR count). The molecule has 114 valence electrons. The van der Waals surface area contributed by atoms with Gasteiger partial charge in [0.25, 0.3) is 0 Å². The van der Waals surface area contributed by atoms with Gasteiger partial charge >= 0.3 is 5.97 Å². The van der Waals surface area contributed by atoms with E-state index in [1.54, 1.807) is 0 Å². The molecule has 0 radical (unpaired) electrons. The van der Waals surface area contributed by atoms with E-state index in [-0.39, 0.29) is 11.3 Å². The van der Waals surface area contributed by atoms with Gasteiger partial charge in [-0.25, -0.2) is 0 Å². The monoisotopic (exact) mass is 289 g/mol. The van der Waals surface area contributed by atoms with E-state index >= 15 is 0 Å². The minimum absolute atomic E-state index is 0.183. The number of rotatable bonds is 4. The third-order valence-corrected chi connectivity index (χ3v) is 5.21. The number of nitrogens with zero attached hydrogens (tertiary/aromatic N) is 1.